The van der Waals surface area contributed by atoms with E-state index in [1.165, 1.54) is 12.3 Å². The quantitative estimate of drug-likeness (QED) is 0.194. The van der Waals surface area contributed by atoms with E-state index in [4.69, 9.17) is 9.47 Å². The third-order valence-electron chi connectivity index (χ3n) is 4.89. The highest BCUT2D eigenvalue weighted by Gasteiger charge is 2.51. The monoisotopic (exact) mass is 419 g/mol. The maximum Gasteiger partial charge on any atom is 0.295 e. The molecule has 11 nitrogen and oxygen atoms in total. The summed E-state index contributed by atoms with van der Waals surface area (Å²) >= 11 is 0. The average molecular weight is 419 g/mol. The summed E-state index contributed by atoms with van der Waals surface area (Å²) in [6.45, 7) is -0.536. The van der Waals surface area contributed by atoms with Gasteiger partial charge >= 0.3 is 0 Å². The van der Waals surface area contributed by atoms with Crippen LogP contribution in [0.2, 0.25) is 0 Å². The molecule has 2 unspecified atom stereocenters. The minimum Gasteiger partial charge on any atom is -0.391 e. The number of aromatic nitrogens is 1. The molecule has 2 fully saturated rings. The van der Waals surface area contributed by atoms with Crippen LogP contribution < -0.4 is 0 Å². The molecule has 0 spiro atoms. The van der Waals surface area contributed by atoms with Gasteiger partial charge in [-0.1, -0.05) is 0 Å². The Morgan fingerprint density at radius 2 is 2.11 bits per heavy atom. The highest BCUT2D eigenvalue weighted by atomic mass is 32.2. The number of nitro groups is 1. The van der Waals surface area contributed by atoms with Crippen molar-refractivity contribution in [1.82, 2.24) is 4.98 Å². The molecule has 0 bridgehead atoms. The van der Waals surface area contributed by atoms with E-state index in [0.717, 1.165) is 6.20 Å². The molecule has 3 rings (SSSR count). The fourth-order valence-electron chi connectivity index (χ4n) is 3.42. The van der Waals surface area contributed by atoms with E-state index in [9.17, 15) is 35.6 Å². The van der Waals surface area contributed by atoms with Crippen molar-refractivity contribution in [3.63, 3.8) is 0 Å². The molecule has 156 valence electrons. The van der Waals surface area contributed by atoms with Crippen molar-refractivity contribution < 1.29 is 39.9 Å². The maximum absolute atomic E-state index is 11.2. The maximum atomic E-state index is 11.2. The Bertz CT molecular complexity index is 696. The van der Waals surface area contributed by atoms with Crippen molar-refractivity contribution in [2.45, 2.75) is 42.1 Å². The van der Waals surface area contributed by atoms with Crippen molar-refractivity contribution in [3.05, 3.63) is 34.1 Å². The Labute approximate surface area is 163 Å². The summed E-state index contributed by atoms with van der Waals surface area (Å²) in [5.41, 5.74) is -0.187. The molecule has 2 aliphatic rings. The number of aliphatic hydroxyl groups is 5. The second-order valence-electron chi connectivity index (χ2n) is 6.74. The van der Waals surface area contributed by atoms with Gasteiger partial charge in [-0.05, 0) is 6.07 Å². The van der Waals surface area contributed by atoms with Crippen LogP contribution in [0.1, 0.15) is 11.9 Å². The fourth-order valence-corrected chi connectivity index (χ4v) is 6.10. The van der Waals surface area contributed by atoms with Crippen LogP contribution in [0.25, 0.3) is 0 Å². The first kappa shape index (κ1) is 21.3. The van der Waals surface area contributed by atoms with E-state index in [0.29, 0.717) is 0 Å². The Balaban J connectivity index is 1.72. The molecule has 0 amide bonds. The molecule has 8 atom stereocenters. The number of aliphatic hydroxyl groups excluding tert-OH is 5. The molecule has 1 aromatic rings. The lowest BCUT2D eigenvalue weighted by Crippen LogP contribution is -2.50. The number of hydrogen-bond donors (Lipinski definition) is 5. The van der Waals surface area contributed by atoms with Gasteiger partial charge in [0.2, 0.25) is 0 Å². The summed E-state index contributed by atoms with van der Waals surface area (Å²) in [5.74, 6) is 0.314. The summed E-state index contributed by atoms with van der Waals surface area (Å²) in [6.07, 6.45) is -4.25. The minimum absolute atomic E-state index is 0.0895. The topological polar surface area (TPSA) is 176 Å². The predicted molar refractivity (Wildman–Crippen MR) is 96.5 cm³/mol. The lowest BCUT2D eigenvalue weighted by atomic mass is 10.1. The molecule has 1 aromatic heterocycles. The molecule has 0 radical (unpaired) electrons. The molecule has 0 saturated carbocycles. The molecular weight excluding hydrogens is 396 g/mol. The number of hydrogen-bond acceptors (Lipinski definition) is 10. The highest BCUT2D eigenvalue weighted by Crippen LogP contribution is 2.34. The highest BCUT2D eigenvalue weighted by molar-refractivity contribution is 7.97. The number of rotatable bonds is 6. The number of pyridine rings is 1. The summed E-state index contributed by atoms with van der Waals surface area (Å²) in [6, 6.07) is 1.37. The van der Waals surface area contributed by atoms with Crippen LogP contribution in [0, 0.1) is 10.1 Å². The summed E-state index contributed by atoms with van der Waals surface area (Å²) < 4.78 is 11.0. The molecule has 2 saturated heterocycles. The third-order valence-corrected chi connectivity index (χ3v) is 7.72. The van der Waals surface area contributed by atoms with E-state index < -0.39 is 57.9 Å². The van der Waals surface area contributed by atoms with Crippen LogP contribution in [0.3, 0.4) is 0 Å². The van der Waals surface area contributed by atoms with E-state index >= 15 is 0 Å². The van der Waals surface area contributed by atoms with Gasteiger partial charge in [0, 0.05) is 17.1 Å². The number of ether oxygens (including phenoxy) is 2. The summed E-state index contributed by atoms with van der Waals surface area (Å²) in [4.78, 5) is 14.3. The largest absolute Gasteiger partial charge is 0.391 e. The third kappa shape index (κ3) is 4.28. The molecule has 3 heterocycles. The van der Waals surface area contributed by atoms with Gasteiger partial charge < -0.3 is 35.0 Å². The fraction of sp³-hybridized carbons (Fsp3) is 0.688. The van der Waals surface area contributed by atoms with E-state index in [2.05, 4.69) is 4.98 Å². The number of nitrogens with zero attached hydrogens (tertiary/aromatic N) is 2. The van der Waals surface area contributed by atoms with Gasteiger partial charge in [-0.15, -0.1) is 0 Å². The second-order valence-corrected chi connectivity index (χ2v) is 9.09. The average Bonchev–Trinajstić information content (AvgIpc) is 2.94. The molecule has 0 aromatic carbocycles. The Morgan fingerprint density at radius 3 is 2.79 bits per heavy atom. The standard InChI is InChI=1S/C16H23N2O9S/c19-4-13-14(23)11(21)6-28(13)7-12(22)15-10(20)5-26-16(27-15)8-1-2-17-3-9(8)18(24)25/h1-3,10-16,19-23H,4-7H2/q+1/t10-,11-,12-,13-,14+,15+,16?,28?/m1/s1. The van der Waals surface area contributed by atoms with E-state index in [-0.39, 0.29) is 36.0 Å². The van der Waals surface area contributed by atoms with Gasteiger partial charge in [0.25, 0.3) is 5.69 Å². The summed E-state index contributed by atoms with van der Waals surface area (Å²) in [7, 11) is -0.690. The summed E-state index contributed by atoms with van der Waals surface area (Å²) in [5, 5.41) is 60.6. The van der Waals surface area contributed by atoms with Gasteiger partial charge in [0.15, 0.2) is 11.5 Å². The SMILES string of the molecule is O=[N+]([O-])c1cnccc1C1OC[C@@H](O)[C@@H]([C@H](O)C[S+]2C[C@@H](O)[C@H](O)[C@H]2CO)O1. The molecule has 2 aliphatic heterocycles. The lowest BCUT2D eigenvalue weighted by molar-refractivity contribution is -0.388. The van der Waals surface area contributed by atoms with Gasteiger partial charge in [-0.25, -0.2) is 0 Å². The van der Waals surface area contributed by atoms with Crippen LogP contribution in [-0.2, 0) is 20.4 Å². The van der Waals surface area contributed by atoms with Gasteiger partial charge in [-0.2, -0.15) is 0 Å². The minimum atomic E-state index is -1.18. The van der Waals surface area contributed by atoms with Crippen molar-refractivity contribution in [3.8, 4) is 0 Å². The smallest absolute Gasteiger partial charge is 0.295 e. The zero-order valence-corrected chi connectivity index (χ0v) is 15.6. The lowest BCUT2D eigenvalue weighted by Gasteiger charge is -2.36. The van der Waals surface area contributed by atoms with Crippen molar-refractivity contribution >= 4 is 16.6 Å². The van der Waals surface area contributed by atoms with Crippen molar-refractivity contribution in [1.29, 1.82) is 0 Å². The first-order valence-electron chi connectivity index (χ1n) is 8.68. The molecule has 5 N–H and O–H groups in total. The normalized spacial score (nSPS) is 37.0. The van der Waals surface area contributed by atoms with Gasteiger partial charge in [-0.3, -0.25) is 15.1 Å². The van der Waals surface area contributed by atoms with E-state index in [1.807, 2.05) is 0 Å². The Hall–Kier alpha value is -1.38. The van der Waals surface area contributed by atoms with Crippen LogP contribution in [-0.4, -0.2) is 95.9 Å². The molecule has 28 heavy (non-hydrogen) atoms. The molecular formula is C16H23N2O9S+. The zero-order chi connectivity index (χ0) is 20.4. The first-order chi connectivity index (χ1) is 13.3. The second kappa shape index (κ2) is 8.97. The van der Waals surface area contributed by atoms with Crippen molar-refractivity contribution in [2.75, 3.05) is 24.7 Å². The van der Waals surface area contributed by atoms with Crippen molar-refractivity contribution in [2.24, 2.45) is 0 Å². The van der Waals surface area contributed by atoms with Crippen LogP contribution in [0.5, 0.6) is 0 Å². The molecule has 12 heteroatoms. The van der Waals surface area contributed by atoms with Gasteiger partial charge in [0.05, 0.1) is 23.7 Å². The predicted octanol–water partition coefficient (Wildman–Crippen LogP) is -2.16. The van der Waals surface area contributed by atoms with Crippen LogP contribution in [0.4, 0.5) is 5.69 Å². The Morgan fingerprint density at radius 1 is 1.36 bits per heavy atom. The Kier molecular flexibility index (Phi) is 6.83. The first-order valence-corrected chi connectivity index (χ1v) is 10.3. The van der Waals surface area contributed by atoms with Gasteiger partial charge in [0.1, 0.15) is 48.2 Å². The van der Waals surface area contributed by atoms with Crippen LogP contribution >= 0.6 is 0 Å². The van der Waals surface area contributed by atoms with E-state index in [1.54, 1.807) is 0 Å². The molecule has 0 aliphatic carbocycles. The van der Waals surface area contributed by atoms with Crippen LogP contribution in [0.15, 0.2) is 18.5 Å². The zero-order valence-electron chi connectivity index (χ0n) is 14.8.